The number of benzene rings is 1. The van der Waals surface area contributed by atoms with Crippen molar-refractivity contribution in [2.45, 2.75) is 25.3 Å². The maximum atomic E-state index is 13.3. The van der Waals surface area contributed by atoms with Crippen molar-refractivity contribution < 1.29 is 23.9 Å². The van der Waals surface area contributed by atoms with Crippen LogP contribution in [0, 0.1) is 0 Å². The number of hydrogen-bond acceptors (Lipinski definition) is 6. The highest BCUT2D eigenvalue weighted by Crippen LogP contribution is 2.20. The Morgan fingerprint density at radius 2 is 1.97 bits per heavy atom. The maximum Gasteiger partial charge on any atom is 0.308 e. The fourth-order valence-electron chi connectivity index (χ4n) is 3.63. The molecule has 0 spiro atoms. The average molecular weight is 457 g/mol. The van der Waals surface area contributed by atoms with Crippen LogP contribution in [0.5, 0.6) is 5.75 Å². The van der Waals surface area contributed by atoms with Gasteiger partial charge in [-0.15, -0.1) is 11.3 Å². The van der Waals surface area contributed by atoms with Gasteiger partial charge < -0.3 is 19.3 Å². The van der Waals surface area contributed by atoms with Crippen LogP contribution in [0.4, 0.5) is 0 Å². The highest BCUT2D eigenvalue weighted by molar-refractivity contribution is 7.09. The zero-order valence-corrected chi connectivity index (χ0v) is 19.0. The lowest BCUT2D eigenvalue weighted by molar-refractivity contribution is -0.160. The molecule has 0 radical (unpaired) electrons. The quantitative estimate of drug-likeness (QED) is 0.384. The minimum atomic E-state index is -0.857. The van der Waals surface area contributed by atoms with E-state index < -0.39 is 12.0 Å². The number of thiophene rings is 1. The van der Waals surface area contributed by atoms with E-state index in [-0.39, 0.29) is 31.4 Å². The molecule has 1 aromatic carbocycles. The summed E-state index contributed by atoms with van der Waals surface area (Å²) < 4.78 is 10.3. The molecule has 1 fully saturated rings. The second-order valence-electron chi connectivity index (χ2n) is 7.47. The first-order valence-electron chi connectivity index (χ1n) is 10.5. The van der Waals surface area contributed by atoms with E-state index >= 15 is 0 Å². The lowest BCUT2D eigenvalue weighted by Gasteiger charge is -2.40. The fourth-order valence-corrected chi connectivity index (χ4v) is 4.33. The number of ether oxygens (including phenoxy) is 2. The predicted octanol–water partition coefficient (Wildman–Crippen LogP) is 2.70. The Morgan fingerprint density at radius 3 is 2.62 bits per heavy atom. The van der Waals surface area contributed by atoms with Gasteiger partial charge in [-0.05, 0) is 42.0 Å². The summed E-state index contributed by atoms with van der Waals surface area (Å²) in [6.07, 6.45) is 2.55. The molecule has 2 heterocycles. The van der Waals surface area contributed by atoms with E-state index in [1.807, 2.05) is 41.8 Å². The van der Waals surface area contributed by atoms with Crippen LogP contribution in [0.15, 0.2) is 54.4 Å². The normalized spacial score (nSPS) is 16.2. The van der Waals surface area contributed by atoms with Gasteiger partial charge in [0, 0.05) is 18.0 Å². The number of carbonyl (C=O) groups is 3. The summed E-state index contributed by atoms with van der Waals surface area (Å²) >= 11 is 1.60. The summed E-state index contributed by atoms with van der Waals surface area (Å²) in [4.78, 5) is 42.7. The Kier molecular flexibility index (Phi) is 8.44. The van der Waals surface area contributed by atoms with Gasteiger partial charge in [-0.25, -0.2) is 0 Å². The molecule has 1 aromatic heterocycles. The molecule has 0 bridgehead atoms. The van der Waals surface area contributed by atoms with Crippen molar-refractivity contribution in [1.82, 2.24) is 9.80 Å². The van der Waals surface area contributed by atoms with Crippen LogP contribution < -0.4 is 4.74 Å². The van der Waals surface area contributed by atoms with Gasteiger partial charge in [0.1, 0.15) is 18.4 Å². The van der Waals surface area contributed by atoms with Crippen molar-refractivity contribution >= 4 is 29.1 Å². The Morgan fingerprint density at radius 1 is 1.19 bits per heavy atom. The Labute approximate surface area is 192 Å². The van der Waals surface area contributed by atoms with Crippen LogP contribution >= 0.6 is 11.3 Å². The van der Waals surface area contributed by atoms with E-state index in [0.29, 0.717) is 25.9 Å². The van der Waals surface area contributed by atoms with Crippen LogP contribution in [0.1, 0.15) is 16.9 Å². The van der Waals surface area contributed by atoms with Gasteiger partial charge in [-0.2, -0.15) is 0 Å². The fraction of sp³-hybridized carbons (Fsp3) is 0.375. The molecule has 3 rings (SSSR count). The molecular weight excluding hydrogens is 428 g/mol. The molecule has 1 atom stereocenters. The van der Waals surface area contributed by atoms with E-state index in [1.54, 1.807) is 23.3 Å². The average Bonchev–Trinajstić information content (AvgIpc) is 3.32. The van der Waals surface area contributed by atoms with Crippen molar-refractivity contribution in [3.8, 4) is 5.75 Å². The first-order chi connectivity index (χ1) is 15.5. The van der Waals surface area contributed by atoms with Gasteiger partial charge in [0.25, 0.3) is 0 Å². The molecule has 2 aromatic rings. The summed E-state index contributed by atoms with van der Waals surface area (Å²) in [5.41, 5.74) is 1.04. The molecule has 170 valence electrons. The Bertz CT molecular complexity index is 926. The van der Waals surface area contributed by atoms with E-state index in [1.165, 1.54) is 11.0 Å². The molecule has 7 nitrogen and oxygen atoms in total. The van der Waals surface area contributed by atoms with Crippen molar-refractivity contribution in [3.05, 3.63) is 64.9 Å². The number of rotatable bonds is 11. The SMILES string of the molecule is C=CCOC(=O)CC1C(=O)N(CCc2ccc(OC)cc2)CC(=O)N1CCc1cccs1. The lowest BCUT2D eigenvalue weighted by atomic mass is 10.0. The number of methoxy groups -OCH3 is 1. The van der Waals surface area contributed by atoms with Crippen LogP contribution in [0.25, 0.3) is 0 Å². The summed E-state index contributed by atoms with van der Waals surface area (Å²) in [6.45, 7) is 4.40. The first-order valence-corrected chi connectivity index (χ1v) is 11.4. The van der Waals surface area contributed by atoms with Gasteiger partial charge in [0.05, 0.1) is 20.1 Å². The minimum Gasteiger partial charge on any atom is -0.497 e. The van der Waals surface area contributed by atoms with Gasteiger partial charge >= 0.3 is 5.97 Å². The minimum absolute atomic E-state index is 0.0115. The first kappa shape index (κ1) is 23.5. The lowest BCUT2D eigenvalue weighted by Crippen LogP contribution is -2.61. The Hall–Kier alpha value is -3.13. The Balaban J connectivity index is 1.69. The van der Waals surface area contributed by atoms with Crippen LogP contribution in [0.3, 0.4) is 0 Å². The zero-order valence-electron chi connectivity index (χ0n) is 18.2. The molecule has 2 amide bonds. The largest absolute Gasteiger partial charge is 0.497 e. The van der Waals surface area contributed by atoms with Gasteiger partial charge in [0.15, 0.2) is 0 Å². The molecule has 1 unspecified atom stereocenters. The second kappa shape index (κ2) is 11.5. The zero-order chi connectivity index (χ0) is 22.9. The molecule has 1 aliphatic heterocycles. The standard InChI is InChI=1S/C24H28N2O5S/c1-3-14-31-23(28)16-21-24(29)25(12-10-18-6-8-19(30-2)9-7-18)17-22(27)26(21)13-11-20-5-4-15-32-20/h3-9,15,21H,1,10-14,16-17H2,2H3. The van der Waals surface area contributed by atoms with Crippen LogP contribution in [-0.4, -0.2) is 67.0 Å². The van der Waals surface area contributed by atoms with Crippen molar-refractivity contribution in [2.75, 3.05) is 33.4 Å². The van der Waals surface area contributed by atoms with Gasteiger partial charge in [-0.3, -0.25) is 14.4 Å². The number of esters is 1. The molecular formula is C24H28N2O5S. The molecule has 8 heteroatoms. The molecule has 0 aliphatic carbocycles. The summed E-state index contributed by atoms with van der Waals surface area (Å²) in [5.74, 6) is -0.135. The number of piperazine rings is 1. The topological polar surface area (TPSA) is 76.1 Å². The van der Waals surface area contributed by atoms with Gasteiger partial charge in [-0.1, -0.05) is 30.9 Å². The smallest absolute Gasteiger partial charge is 0.308 e. The third-order valence-corrected chi connectivity index (χ3v) is 6.29. The number of carbonyl (C=O) groups excluding carboxylic acids is 3. The predicted molar refractivity (Wildman–Crippen MR) is 123 cm³/mol. The van der Waals surface area contributed by atoms with E-state index in [4.69, 9.17) is 9.47 Å². The monoisotopic (exact) mass is 456 g/mol. The van der Waals surface area contributed by atoms with E-state index in [0.717, 1.165) is 16.2 Å². The highest BCUT2D eigenvalue weighted by Gasteiger charge is 2.40. The number of nitrogens with zero attached hydrogens (tertiary/aromatic N) is 2. The third kappa shape index (κ3) is 6.20. The van der Waals surface area contributed by atoms with E-state index in [9.17, 15) is 14.4 Å². The van der Waals surface area contributed by atoms with Gasteiger partial charge in [0.2, 0.25) is 11.8 Å². The number of amides is 2. The molecule has 1 saturated heterocycles. The summed E-state index contributed by atoms with van der Waals surface area (Å²) in [6, 6.07) is 10.7. The van der Waals surface area contributed by atoms with Crippen molar-refractivity contribution in [1.29, 1.82) is 0 Å². The molecule has 1 aliphatic rings. The third-order valence-electron chi connectivity index (χ3n) is 5.35. The molecule has 0 saturated carbocycles. The van der Waals surface area contributed by atoms with Crippen LogP contribution in [0.2, 0.25) is 0 Å². The second-order valence-corrected chi connectivity index (χ2v) is 8.50. The summed E-state index contributed by atoms with van der Waals surface area (Å²) in [5, 5.41) is 1.98. The van der Waals surface area contributed by atoms with E-state index in [2.05, 4.69) is 6.58 Å². The number of hydrogen-bond donors (Lipinski definition) is 0. The van der Waals surface area contributed by atoms with Crippen molar-refractivity contribution in [2.24, 2.45) is 0 Å². The van der Waals surface area contributed by atoms with Crippen LogP contribution in [-0.2, 0) is 32.0 Å². The maximum absolute atomic E-state index is 13.3. The highest BCUT2D eigenvalue weighted by atomic mass is 32.1. The van der Waals surface area contributed by atoms with Crippen molar-refractivity contribution in [3.63, 3.8) is 0 Å². The summed E-state index contributed by atoms with van der Waals surface area (Å²) in [7, 11) is 1.61. The molecule has 0 N–H and O–H groups in total. The molecule has 32 heavy (non-hydrogen) atoms.